The van der Waals surface area contributed by atoms with E-state index >= 15 is 0 Å². The number of aliphatic hydroxyl groups is 1. The van der Waals surface area contributed by atoms with Gasteiger partial charge < -0.3 is 23.7 Å². The molecule has 0 bridgehead atoms. The fourth-order valence-electron chi connectivity index (χ4n) is 3.11. The molecule has 0 amide bonds. The minimum atomic E-state index is -0.462. The minimum absolute atomic E-state index is 0. The van der Waals surface area contributed by atoms with Crippen molar-refractivity contribution in [2.24, 2.45) is 0 Å². The second-order valence-corrected chi connectivity index (χ2v) is 7.87. The van der Waals surface area contributed by atoms with Gasteiger partial charge in [-0.25, -0.2) is 0 Å². The quantitative estimate of drug-likeness (QED) is 0.358. The highest BCUT2D eigenvalue weighted by Crippen LogP contribution is 2.16. The van der Waals surface area contributed by atoms with E-state index in [9.17, 15) is 5.11 Å². The molecular formula is C21H48ClNO. The lowest BCUT2D eigenvalue weighted by molar-refractivity contribution is -0.0000146. The monoisotopic (exact) mass is 365 g/mol. The summed E-state index contributed by atoms with van der Waals surface area (Å²) >= 11 is 0. The van der Waals surface area contributed by atoms with Crippen molar-refractivity contribution in [2.45, 2.75) is 136 Å². The van der Waals surface area contributed by atoms with Crippen molar-refractivity contribution < 1.29 is 17.5 Å². The Kier molecular flexibility index (Phi) is 25.7. The summed E-state index contributed by atoms with van der Waals surface area (Å²) in [7, 11) is 0. The van der Waals surface area contributed by atoms with Gasteiger partial charge in [0.1, 0.15) is 0 Å². The van der Waals surface area contributed by atoms with Crippen molar-refractivity contribution >= 4 is 0 Å². The molecule has 0 fully saturated rings. The van der Waals surface area contributed by atoms with E-state index < -0.39 is 5.60 Å². The van der Waals surface area contributed by atoms with E-state index in [0.29, 0.717) is 0 Å². The van der Waals surface area contributed by atoms with E-state index in [4.69, 9.17) is 0 Å². The first-order valence-corrected chi connectivity index (χ1v) is 10.3. The first-order chi connectivity index (χ1) is 10.6. The van der Waals surface area contributed by atoms with Crippen LogP contribution in [0.25, 0.3) is 0 Å². The molecule has 0 aromatic heterocycles. The van der Waals surface area contributed by atoms with Gasteiger partial charge in [0.25, 0.3) is 0 Å². The predicted octanol–water partition coefficient (Wildman–Crippen LogP) is 4.79. The molecule has 0 saturated carbocycles. The highest BCUT2D eigenvalue weighted by Gasteiger charge is 2.10. The molecule has 150 valence electrons. The third-order valence-electron chi connectivity index (χ3n) is 4.64. The number of quaternary nitrogens is 1. The maximum atomic E-state index is 9.63. The van der Waals surface area contributed by atoms with Crippen LogP contribution in [-0.4, -0.2) is 10.7 Å². The molecule has 0 spiro atoms. The van der Waals surface area contributed by atoms with Crippen LogP contribution >= 0.6 is 0 Å². The van der Waals surface area contributed by atoms with Gasteiger partial charge in [0.2, 0.25) is 0 Å². The summed E-state index contributed by atoms with van der Waals surface area (Å²) in [5.41, 5.74) is -0.462. The molecule has 0 atom stereocenters. The summed E-state index contributed by atoms with van der Waals surface area (Å²) in [5.74, 6) is 0. The Hall–Kier alpha value is 0.210. The number of hydrogen-bond donors (Lipinski definition) is 2. The van der Waals surface area contributed by atoms with Gasteiger partial charge in [-0.15, -0.1) is 0 Å². The topological polar surface area (TPSA) is 56.7 Å². The van der Waals surface area contributed by atoms with Gasteiger partial charge >= 0.3 is 0 Å². The van der Waals surface area contributed by atoms with E-state index in [1.807, 2.05) is 13.8 Å². The van der Waals surface area contributed by atoms with Gasteiger partial charge in [-0.3, -0.25) is 0 Å². The molecule has 5 N–H and O–H groups in total. The molecule has 0 heterocycles. The molecule has 3 heteroatoms. The van der Waals surface area contributed by atoms with E-state index in [2.05, 4.69) is 6.92 Å². The molecule has 24 heavy (non-hydrogen) atoms. The van der Waals surface area contributed by atoms with Crippen molar-refractivity contribution in [3.05, 3.63) is 0 Å². The summed E-state index contributed by atoms with van der Waals surface area (Å²) in [6.45, 7) is 6.12. The molecular weight excluding hydrogens is 318 g/mol. The minimum Gasteiger partial charge on any atom is -1.00 e. The number of rotatable bonds is 17. The zero-order valence-electron chi connectivity index (χ0n) is 17.3. The highest BCUT2D eigenvalue weighted by atomic mass is 35.5. The maximum absolute atomic E-state index is 9.63. The van der Waals surface area contributed by atoms with Crippen molar-refractivity contribution in [1.82, 2.24) is 6.15 Å². The van der Waals surface area contributed by atoms with Crippen molar-refractivity contribution in [3.63, 3.8) is 0 Å². The smallest absolute Gasteiger partial charge is 0.0591 e. The van der Waals surface area contributed by atoms with Crippen LogP contribution in [-0.2, 0) is 0 Å². The van der Waals surface area contributed by atoms with Gasteiger partial charge in [-0.2, -0.15) is 0 Å². The van der Waals surface area contributed by atoms with Crippen molar-refractivity contribution in [3.8, 4) is 0 Å². The Balaban J connectivity index is -0.00000220. The Bertz CT molecular complexity index is 216. The van der Waals surface area contributed by atoms with Crippen LogP contribution in [0.2, 0.25) is 0 Å². The van der Waals surface area contributed by atoms with Crippen LogP contribution in [0.4, 0.5) is 0 Å². The van der Waals surface area contributed by atoms with Crippen molar-refractivity contribution in [2.75, 3.05) is 0 Å². The molecule has 0 aromatic rings. The molecule has 0 radical (unpaired) electrons. The van der Waals surface area contributed by atoms with E-state index in [-0.39, 0.29) is 18.6 Å². The second kappa shape index (κ2) is 21.3. The number of unbranched alkanes of at least 4 members (excludes halogenated alkanes) is 15. The standard InChI is InChI=1S/C21H44O.ClH.H3N/c1-4-5-6-7-8-9-10-11-12-13-14-15-16-17-18-19-20-21(2,3)22;;/h22H,4-20H2,1-3H3;1H;1H3. The Morgan fingerprint density at radius 3 is 1.04 bits per heavy atom. The van der Waals surface area contributed by atoms with Crippen LogP contribution in [0.5, 0.6) is 0 Å². The molecule has 0 aromatic carbocycles. The van der Waals surface area contributed by atoms with Gasteiger partial charge in [-0.1, -0.05) is 110 Å². The third kappa shape index (κ3) is 27.1. The lowest BCUT2D eigenvalue weighted by Crippen LogP contribution is -3.00. The fraction of sp³-hybridized carbons (Fsp3) is 1.00. The molecule has 0 aliphatic heterocycles. The van der Waals surface area contributed by atoms with Crippen molar-refractivity contribution in [1.29, 1.82) is 0 Å². The first-order valence-electron chi connectivity index (χ1n) is 10.3. The average molecular weight is 366 g/mol. The van der Waals surface area contributed by atoms with E-state index in [1.165, 1.54) is 103 Å². The molecule has 0 rings (SSSR count). The first kappa shape index (κ1) is 29.0. The van der Waals surface area contributed by atoms with Crippen LogP contribution in [0.1, 0.15) is 130 Å². The Morgan fingerprint density at radius 2 is 0.792 bits per heavy atom. The van der Waals surface area contributed by atoms with E-state index in [0.717, 1.165) is 6.42 Å². The Labute approximate surface area is 159 Å². The second-order valence-electron chi connectivity index (χ2n) is 7.87. The highest BCUT2D eigenvalue weighted by molar-refractivity contribution is 4.64. The summed E-state index contributed by atoms with van der Waals surface area (Å²) < 4.78 is 0. The number of hydrogen-bond acceptors (Lipinski definition) is 1. The normalized spacial score (nSPS) is 11.0. The fourth-order valence-corrected chi connectivity index (χ4v) is 3.11. The number of halogens is 1. The Morgan fingerprint density at radius 1 is 0.542 bits per heavy atom. The molecule has 0 unspecified atom stereocenters. The van der Waals surface area contributed by atoms with Crippen LogP contribution in [0.15, 0.2) is 0 Å². The largest absolute Gasteiger partial charge is 1.00 e. The summed E-state index contributed by atoms with van der Waals surface area (Å²) in [5, 5.41) is 9.63. The summed E-state index contributed by atoms with van der Waals surface area (Å²) in [4.78, 5) is 0. The zero-order chi connectivity index (χ0) is 16.5. The van der Waals surface area contributed by atoms with Crippen LogP contribution < -0.4 is 18.6 Å². The van der Waals surface area contributed by atoms with Gasteiger partial charge in [0.15, 0.2) is 0 Å². The van der Waals surface area contributed by atoms with Crippen LogP contribution in [0.3, 0.4) is 0 Å². The molecule has 0 saturated heterocycles. The van der Waals surface area contributed by atoms with Gasteiger partial charge in [-0.05, 0) is 20.3 Å². The summed E-state index contributed by atoms with van der Waals surface area (Å²) in [6, 6.07) is 0. The zero-order valence-corrected chi connectivity index (χ0v) is 18.1. The third-order valence-corrected chi connectivity index (χ3v) is 4.64. The van der Waals surface area contributed by atoms with Crippen LogP contribution in [0, 0.1) is 0 Å². The summed E-state index contributed by atoms with van der Waals surface area (Å²) in [6.07, 6.45) is 23.5. The van der Waals surface area contributed by atoms with Gasteiger partial charge in [0.05, 0.1) is 5.60 Å². The molecule has 0 aliphatic rings. The predicted molar refractivity (Wildman–Crippen MR) is 106 cm³/mol. The maximum Gasteiger partial charge on any atom is 0.0591 e. The van der Waals surface area contributed by atoms with E-state index in [1.54, 1.807) is 0 Å². The van der Waals surface area contributed by atoms with Gasteiger partial charge in [0, 0.05) is 0 Å². The molecule has 0 aliphatic carbocycles. The average Bonchev–Trinajstić information content (AvgIpc) is 2.45. The molecule has 2 nitrogen and oxygen atoms in total. The lowest BCUT2D eigenvalue weighted by Gasteiger charge is -2.16. The lowest BCUT2D eigenvalue weighted by atomic mass is 9.99. The SMILES string of the molecule is CCCCCCCCCCCCCCCCCCC(C)(C)O.[Cl-].[NH4+].